The summed E-state index contributed by atoms with van der Waals surface area (Å²) in [5.41, 5.74) is 5.95. The van der Waals surface area contributed by atoms with Crippen LogP contribution in [0, 0.1) is 6.92 Å². The van der Waals surface area contributed by atoms with Gasteiger partial charge in [0.2, 0.25) is 0 Å². The van der Waals surface area contributed by atoms with Gasteiger partial charge in [-0.3, -0.25) is 0 Å². The van der Waals surface area contributed by atoms with Crippen LogP contribution in [0.5, 0.6) is 5.75 Å². The van der Waals surface area contributed by atoms with Crippen molar-refractivity contribution in [3.05, 3.63) is 29.8 Å². The van der Waals surface area contributed by atoms with Gasteiger partial charge in [-0.25, -0.2) is 0 Å². The summed E-state index contributed by atoms with van der Waals surface area (Å²) in [7, 11) is 0. The van der Waals surface area contributed by atoms with E-state index in [0.29, 0.717) is 12.3 Å². The van der Waals surface area contributed by atoms with Crippen molar-refractivity contribution in [1.29, 1.82) is 0 Å². The summed E-state index contributed by atoms with van der Waals surface area (Å²) in [5, 5.41) is 16.5. The molecule has 0 atom stereocenters. The first-order chi connectivity index (χ1) is 5.70. The Morgan fingerprint density at radius 1 is 1.25 bits per heavy atom. The van der Waals surface area contributed by atoms with Crippen LogP contribution in [0.1, 0.15) is 5.56 Å². The van der Waals surface area contributed by atoms with Crippen LogP contribution in [0.4, 0.5) is 0 Å². The van der Waals surface area contributed by atoms with Gasteiger partial charge in [0.25, 0.3) is 0 Å². The molecule has 0 heterocycles. The van der Waals surface area contributed by atoms with E-state index < -0.39 is 0 Å². The predicted molar refractivity (Wildman–Crippen MR) is 49.0 cm³/mol. The Morgan fingerprint density at radius 2 is 1.67 bits per heavy atom. The van der Waals surface area contributed by atoms with Gasteiger partial charge in [-0.1, -0.05) is 17.7 Å². The van der Waals surface area contributed by atoms with Crippen molar-refractivity contribution in [2.75, 3.05) is 13.2 Å². The maximum Gasteiger partial charge on any atom is 0.115 e. The second kappa shape index (κ2) is 6.64. The molecule has 0 aliphatic heterocycles. The number of rotatable bonds is 1. The zero-order valence-corrected chi connectivity index (χ0v) is 7.20. The van der Waals surface area contributed by atoms with Crippen LogP contribution >= 0.6 is 0 Å². The number of hydrogen-bond donors (Lipinski definition) is 3. The maximum atomic E-state index is 8.76. The molecule has 4 N–H and O–H groups in total. The monoisotopic (exact) mass is 169 g/mol. The fourth-order valence-corrected chi connectivity index (χ4v) is 0.545. The van der Waals surface area contributed by atoms with E-state index in [1.54, 1.807) is 12.1 Å². The van der Waals surface area contributed by atoms with Gasteiger partial charge in [0.15, 0.2) is 0 Å². The lowest BCUT2D eigenvalue weighted by Crippen LogP contribution is -2.02. The average molecular weight is 169 g/mol. The van der Waals surface area contributed by atoms with Crippen LogP contribution in [0.2, 0.25) is 0 Å². The standard InChI is InChI=1S/C7H8O.C2H7NO/c1-6-2-4-7(8)5-3-6;3-1-2-4/h2-5,8H,1H3;4H,1-3H2. The minimum absolute atomic E-state index is 0.0972. The minimum atomic E-state index is 0.0972. The van der Waals surface area contributed by atoms with Crippen molar-refractivity contribution in [3.8, 4) is 5.75 Å². The smallest absolute Gasteiger partial charge is 0.115 e. The minimum Gasteiger partial charge on any atom is -0.508 e. The first kappa shape index (κ1) is 10.9. The fraction of sp³-hybridized carbons (Fsp3) is 0.333. The van der Waals surface area contributed by atoms with Gasteiger partial charge in [0.05, 0.1) is 6.61 Å². The third-order valence-electron chi connectivity index (χ3n) is 1.16. The molecule has 0 aliphatic carbocycles. The Kier molecular flexibility index (Phi) is 6.05. The molecule has 0 aliphatic rings. The van der Waals surface area contributed by atoms with Crippen molar-refractivity contribution in [2.24, 2.45) is 5.73 Å². The quantitative estimate of drug-likeness (QED) is 0.578. The second-order valence-corrected chi connectivity index (χ2v) is 2.35. The molecule has 0 aromatic heterocycles. The molecule has 0 radical (unpaired) electrons. The van der Waals surface area contributed by atoms with Crippen molar-refractivity contribution in [2.45, 2.75) is 6.92 Å². The molecule has 0 unspecified atom stereocenters. The Morgan fingerprint density at radius 3 is 1.92 bits per heavy atom. The molecule has 0 bridgehead atoms. The Balaban J connectivity index is 0.000000261. The Hall–Kier alpha value is -1.06. The topological polar surface area (TPSA) is 66.5 Å². The zero-order valence-electron chi connectivity index (χ0n) is 7.20. The summed E-state index contributed by atoms with van der Waals surface area (Å²) in [6.45, 7) is 2.46. The molecule has 1 rings (SSSR count). The van der Waals surface area contributed by atoms with E-state index in [1.165, 1.54) is 5.56 Å². The number of aliphatic hydroxyl groups is 1. The van der Waals surface area contributed by atoms with Gasteiger partial charge < -0.3 is 15.9 Å². The highest BCUT2D eigenvalue weighted by atomic mass is 16.3. The molecule has 0 saturated heterocycles. The number of phenols is 1. The van der Waals surface area contributed by atoms with Crippen LogP contribution in [0.3, 0.4) is 0 Å². The summed E-state index contributed by atoms with van der Waals surface area (Å²) in [4.78, 5) is 0. The molecular formula is C9H15NO2. The van der Waals surface area contributed by atoms with E-state index in [2.05, 4.69) is 0 Å². The molecule has 3 heteroatoms. The number of aliphatic hydroxyl groups excluding tert-OH is 1. The van der Waals surface area contributed by atoms with E-state index in [-0.39, 0.29) is 6.61 Å². The zero-order chi connectivity index (χ0) is 9.40. The molecule has 68 valence electrons. The van der Waals surface area contributed by atoms with Gasteiger partial charge >= 0.3 is 0 Å². The third kappa shape index (κ3) is 5.70. The number of benzene rings is 1. The fourth-order valence-electron chi connectivity index (χ4n) is 0.545. The highest BCUT2D eigenvalue weighted by molar-refractivity contribution is 5.24. The normalized spacial score (nSPS) is 8.58. The van der Waals surface area contributed by atoms with Gasteiger partial charge in [0.1, 0.15) is 5.75 Å². The lowest BCUT2D eigenvalue weighted by molar-refractivity contribution is 0.306. The van der Waals surface area contributed by atoms with E-state index in [4.69, 9.17) is 15.9 Å². The van der Waals surface area contributed by atoms with Crippen LogP contribution in [-0.4, -0.2) is 23.4 Å². The van der Waals surface area contributed by atoms with E-state index in [9.17, 15) is 0 Å². The van der Waals surface area contributed by atoms with Crippen molar-refractivity contribution in [3.63, 3.8) is 0 Å². The summed E-state index contributed by atoms with van der Waals surface area (Å²) < 4.78 is 0. The first-order valence-electron chi connectivity index (χ1n) is 3.77. The summed E-state index contributed by atoms with van der Waals surface area (Å²) in [5.74, 6) is 0.329. The Bertz CT molecular complexity index is 173. The molecule has 3 nitrogen and oxygen atoms in total. The van der Waals surface area contributed by atoms with Gasteiger partial charge in [-0.15, -0.1) is 0 Å². The number of aromatic hydroxyl groups is 1. The van der Waals surface area contributed by atoms with Gasteiger partial charge in [-0.05, 0) is 19.1 Å². The van der Waals surface area contributed by atoms with E-state index in [1.807, 2.05) is 19.1 Å². The summed E-state index contributed by atoms with van der Waals surface area (Å²) in [6.07, 6.45) is 0. The average Bonchev–Trinajstić information content (AvgIpc) is 2.11. The lowest BCUT2D eigenvalue weighted by atomic mass is 10.2. The van der Waals surface area contributed by atoms with Crippen LogP contribution < -0.4 is 5.73 Å². The molecule has 0 saturated carbocycles. The number of nitrogens with two attached hydrogens (primary N) is 1. The lowest BCUT2D eigenvalue weighted by Gasteiger charge is -1.89. The number of phenolic OH excluding ortho intramolecular Hbond substituents is 1. The van der Waals surface area contributed by atoms with Crippen molar-refractivity contribution >= 4 is 0 Å². The molecule has 0 fully saturated rings. The number of hydrogen-bond acceptors (Lipinski definition) is 3. The highest BCUT2D eigenvalue weighted by Crippen LogP contribution is 2.07. The molecule has 1 aromatic carbocycles. The van der Waals surface area contributed by atoms with Crippen molar-refractivity contribution in [1.82, 2.24) is 0 Å². The SMILES string of the molecule is Cc1ccc(O)cc1.NCCO. The summed E-state index contributed by atoms with van der Waals surface area (Å²) >= 11 is 0. The molecule has 1 aromatic rings. The van der Waals surface area contributed by atoms with Crippen LogP contribution in [0.15, 0.2) is 24.3 Å². The van der Waals surface area contributed by atoms with Crippen LogP contribution in [0.25, 0.3) is 0 Å². The molecular weight excluding hydrogens is 154 g/mol. The first-order valence-corrected chi connectivity index (χ1v) is 3.77. The third-order valence-corrected chi connectivity index (χ3v) is 1.16. The van der Waals surface area contributed by atoms with Crippen LogP contribution in [-0.2, 0) is 0 Å². The van der Waals surface area contributed by atoms with E-state index in [0.717, 1.165) is 0 Å². The predicted octanol–water partition coefficient (Wildman–Crippen LogP) is 0.638. The molecule has 0 amide bonds. The number of aryl methyl sites for hydroxylation is 1. The molecule has 0 spiro atoms. The highest BCUT2D eigenvalue weighted by Gasteiger charge is 1.82. The second-order valence-electron chi connectivity index (χ2n) is 2.35. The molecule has 12 heavy (non-hydrogen) atoms. The largest absolute Gasteiger partial charge is 0.508 e. The summed E-state index contributed by atoms with van der Waals surface area (Å²) in [6, 6.07) is 7.09. The Labute approximate surface area is 72.5 Å². The van der Waals surface area contributed by atoms with Gasteiger partial charge in [0, 0.05) is 6.54 Å². The van der Waals surface area contributed by atoms with Gasteiger partial charge in [-0.2, -0.15) is 0 Å². The maximum absolute atomic E-state index is 8.76. The van der Waals surface area contributed by atoms with Crippen molar-refractivity contribution < 1.29 is 10.2 Å². The van der Waals surface area contributed by atoms with E-state index >= 15 is 0 Å².